The molecule has 1 aromatic rings. The predicted octanol–water partition coefficient (Wildman–Crippen LogP) is 2.14. The standard InChI is InChI=1S/C14H17BrF3N3O2S/c15-11-9-10(14(16,17)18)1-2-12(11)24(22,23)21-7-3-13(4-8-21)19-5-6-20-13/h1-2,9,19-20H,3-8H2. The number of sulfonamides is 1. The van der Waals surface area contributed by atoms with Crippen molar-refractivity contribution in [3.63, 3.8) is 0 Å². The van der Waals surface area contributed by atoms with Gasteiger partial charge in [-0.15, -0.1) is 0 Å². The van der Waals surface area contributed by atoms with E-state index >= 15 is 0 Å². The van der Waals surface area contributed by atoms with Crippen LogP contribution >= 0.6 is 15.9 Å². The Morgan fingerprint density at radius 2 is 1.71 bits per heavy atom. The molecule has 0 unspecified atom stereocenters. The topological polar surface area (TPSA) is 61.4 Å². The summed E-state index contributed by atoms with van der Waals surface area (Å²) in [6.07, 6.45) is -3.28. The molecule has 2 saturated heterocycles. The largest absolute Gasteiger partial charge is 0.416 e. The molecule has 1 spiro atoms. The minimum absolute atomic E-state index is 0.0743. The molecule has 0 aromatic heterocycles. The van der Waals surface area contributed by atoms with Crippen LogP contribution in [0.2, 0.25) is 0 Å². The van der Waals surface area contributed by atoms with Gasteiger partial charge in [0.2, 0.25) is 10.0 Å². The smallest absolute Gasteiger partial charge is 0.298 e. The van der Waals surface area contributed by atoms with Crippen LogP contribution in [0.5, 0.6) is 0 Å². The van der Waals surface area contributed by atoms with Crippen LogP contribution in [0, 0.1) is 0 Å². The van der Waals surface area contributed by atoms with Gasteiger partial charge in [0.05, 0.1) is 16.1 Å². The molecule has 0 radical (unpaired) electrons. The maximum atomic E-state index is 12.7. The van der Waals surface area contributed by atoms with Crippen LogP contribution in [0.3, 0.4) is 0 Å². The molecule has 2 fully saturated rings. The number of hydrogen-bond donors (Lipinski definition) is 2. The van der Waals surface area contributed by atoms with Crippen molar-refractivity contribution in [3.05, 3.63) is 28.2 Å². The Bertz CT molecular complexity index is 723. The highest BCUT2D eigenvalue weighted by Crippen LogP contribution is 2.35. The van der Waals surface area contributed by atoms with E-state index in [-0.39, 0.29) is 15.0 Å². The van der Waals surface area contributed by atoms with Crippen LogP contribution in [-0.4, -0.2) is 44.6 Å². The van der Waals surface area contributed by atoms with Gasteiger partial charge in [-0.3, -0.25) is 10.6 Å². The number of nitrogens with one attached hydrogen (secondary N) is 2. The monoisotopic (exact) mass is 427 g/mol. The zero-order chi connectivity index (χ0) is 17.6. The second-order valence-electron chi connectivity index (χ2n) is 5.98. The van der Waals surface area contributed by atoms with Gasteiger partial charge >= 0.3 is 6.18 Å². The summed E-state index contributed by atoms with van der Waals surface area (Å²) in [5.74, 6) is 0. The predicted molar refractivity (Wildman–Crippen MR) is 85.9 cm³/mol. The molecule has 1 aromatic carbocycles. The molecule has 10 heteroatoms. The lowest BCUT2D eigenvalue weighted by Crippen LogP contribution is -2.57. The average molecular weight is 428 g/mol. The van der Waals surface area contributed by atoms with E-state index in [0.29, 0.717) is 25.9 Å². The molecule has 2 aliphatic rings. The lowest BCUT2D eigenvalue weighted by Gasteiger charge is -2.39. The molecular formula is C14H17BrF3N3O2S. The average Bonchev–Trinajstić information content (AvgIpc) is 2.94. The number of piperidine rings is 1. The highest BCUT2D eigenvalue weighted by Gasteiger charge is 2.40. The second kappa shape index (κ2) is 6.24. The first kappa shape index (κ1) is 18.1. The van der Waals surface area contributed by atoms with Gasteiger partial charge in [-0.05, 0) is 47.0 Å². The van der Waals surface area contributed by atoms with Gasteiger partial charge in [-0.1, -0.05) is 0 Å². The maximum absolute atomic E-state index is 12.7. The van der Waals surface area contributed by atoms with Crippen LogP contribution in [0.15, 0.2) is 27.6 Å². The lowest BCUT2D eigenvalue weighted by atomic mass is 9.99. The van der Waals surface area contributed by atoms with E-state index in [0.717, 1.165) is 31.3 Å². The van der Waals surface area contributed by atoms with Gasteiger partial charge in [0.1, 0.15) is 0 Å². The van der Waals surface area contributed by atoms with Crippen molar-refractivity contribution in [1.82, 2.24) is 14.9 Å². The zero-order valence-electron chi connectivity index (χ0n) is 12.7. The summed E-state index contributed by atoms with van der Waals surface area (Å²) < 4.78 is 64.9. The molecule has 134 valence electrons. The van der Waals surface area contributed by atoms with E-state index in [1.54, 1.807) is 0 Å². The molecule has 24 heavy (non-hydrogen) atoms. The Morgan fingerprint density at radius 3 is 2.21 bits per heavy atom. The highest BCUT2D eigenvalue weighted by atomic mass is 79.9. The Morgan fingerprint density at radius 1 is 1.12 bits per heavy atom. The molecule has 2 N–H and O–H groups in total. The number of alkyl halides is 3. The molecule has 2 aliphatic heterocycles. The van der Waals surface area contributed by atoms with Crippen molar-refractivity contribution in [1.29, 1.82) is 0 Å². The minimum atomic E-state index is -4.51. The fourth-order valence-electron chi connectivity index (χ4n) is 3.15. The van der Waals surface area contributed by atoms with E-state index in [1.165, 1.54) is 4.31 Å². The first-order valence-corrected chi connectivity index (χ1v) is 9.74. The molecular weight excluding hydrogens is 411 g/mol. The molecule has 0 atom stereocenters. The second-order valence-corrected chi connectivity index (χ2v) is 8.74. The van der Waals surface area contributed by atoms with Gasteiger partial charge in [-0.25, -0.2) is 8.42 Å². The number of halogens is 4. The summed E-state index contributed by atoms with van der Waals surface area (Å²) >= 11 is 2.97. The van der Waals surface area contributed by atoms with Crippen LogP contribution in [0.1, 0.15) is 18.4 Å². The Hall–Kier alpha value is -0.680. The zero-order valence-corrected chi connectivity index (χ0v) is 15.1. The third-order valence-electron chi connectivity index (χ3n) is 4.50. The van der Waals surface area contributed by atoms with E-state index in [1.807, 2.05) is 0 Å². The third-order valence-corrected chi connectivity index (χ3v) is 7.38. The van der Waals surface area contributed by atoms with Crippen molar-refractivity contribution >= 4 is 26.0 Å². The van der Waals surface area contributed by atoms with Gasteiger partial charge in [0.15, 0.2) is 0 Å². The van der Waals surface area contributed by atoms with Crippen molar-refractivity contribution in [3.8, 4) is 0 Å². The minimum Gasteiger partial charge on any atom is -0.298 e. The van der Waals surface area contributed by atoms with Crippen LogP contribution in [-0.2, 0) is 16.2 Å². The van der Waals surface area contributed by atoms with E-state index in [4.69, 9.17) is 0 Å². The van der Waals surface area contributed by atoms with Crippen LogP contribution in [0.25, 0.3) is 0 Å². The number of benzene rings is 1. The first-order valence-electron chi connectivity index (χ1n) is 7.51. The van der Waals surface area contributed by atoms with E-state index < -0.39 is 21.8 Å². The molecule has 0 amide bonds. The normalized spacial score (nSPS) is 22.2. The van der Waals surface area contributed by atoms with Gasteiger partial charge in [0, 0.05) is 30.7 Å². The van der Waals surface area contributed by atoms with Crippen molar-refractivity contribution < 1.29 is 21.6 Å². The number of hydrogen-bond acceptors (Lipinski definition) is 4. The summed E-state index contributed by atoms with van der Waals surface area (Å²) in [6.45, 7) is 2.32. The Labute approximate surface area is 146 Å². The summed E-state index contributed by atoms with van der Waals surface area (Å²) in [4.78, 5) is -0.140. The molecule has 2 heterocycles. The number of nitrogens with zero attached hydrogens (tertiary/aromatic N) is 1. The summed E-state index contributed by atoms with van der Waals surface area (Å²) in [6, 6.07) is 2.61. The molecule has 0 saturated carbocycles. The summed E-state index contributed by atoms with van der Waals surface area (Å²) in [5.41, 5.74) is -1.10. The molecule has 0 bridgehead atoms. The molecule has 3 rings (SSSR count). The van der Waals surface area contributed by atoms with Crippen molar-refractivity contribution in [2.24, 2.45) is 0 Å². The fraction of sp³-hybridized carbons (Fsp3) is 0.571. The Kier molecular flexibility index (Phi) is 4.71. The van der Waals surface area contributed by atoms with Crippen LogP contribution < -0.4 is 10.6 Å². The van der Waals surface area contributed by atoms with Gasteiger partial charge < -0.3 is 0 Å². The van der Waals surface area contributed by atoms with Gasteiger partial charge in [-0.2, -0.15) is 17.5 Å². The maximum Gasteiger partial charge on any atom is 0.416 e. The highest BCUT2D eigenvalue weighted by molar-refractivity contribution is 9.10. The van der Waals surface area contributed by atoms with E-state index in [9.17, 15) is 21.6 Å². The fourth-order valence-corrected chi connectivity index (χ4v) is 5.63. The molecule has 5 nitrogen and oxygen atoms in total. The van der Waals surface area contributed by atoms with E-state index in [2.05, 4.69) is 26.6 Å². The van der Waals surface area contributed by atoms with Gasteiger partial charge in [0.25, 0.3) is 0 Å². The molecule has 0 aliphatic carbocycles. The lowest BCUT2D eigenvalue weighted by molar-refractivity contribution is -0.137. The third kappa shape index (κ3) is 3.34. The summed E-state index contributed by atoms with van der Waals surface area (Å²) in [7, 11) is -3.84. The van der Waals surface area contributed by atoms with Crippen LogP contribution in [0.4, 0.5) is 13.2 Å². The first-order chi connectivity index (χ1) is 11.1. The van der Waals surface area contributed by atoms with Crippen molar-refractivity contribution in [2.45, 2.75) is 29.6 Å². The summed E-state index contributed by atoms with van der Waals surface area (Å²) in [5, 5.41) is 6.70. The quantitative estimate of drug-likeness (QED) is 0.758. The van der Waals surface area contributed by atoms with Crippen molar-refractivity contribution in [2.75, 3.05) is 26.2 Å². The number of rotatable bonds is 2. The SMILES string of the molecule is O=S(=O)(c1ccc(C(F)(F)F)cc1Br)N1CCC2(CC1)NCCN2. The Balaban J connectivity index is 1.81.